The Morgan fingerprint density at radius 2 is 1.68 bits per heavy atom. The maximum absolute atomic E-state index is 12.6. The molecule has 0 saturated heterocycles. The van der Waals surface area contributed by atoms with E-state index in [1.54, 1.807) is 54.6 Å². The normalized spacial score (nSPS) is 14.2. The summed E-state index contributed by atoms with van der Waals surface area (Å²) in [4.78, 5) is 12.4. The minimum absolute atomic E-state index is 0.150. The van der Waals surface area contributed by atoms with Crippen molar-refractivity contribution in [1.82, 2.24) is 5.32 Å². The van der Waals surface area contributed by atoms with E-state index >= 15 is 0 Å². The summed E-state index contributed by atoms with van der Waals surface area (Å²) in [5.41, 5.74) is 1.13. The second-order valence-electron chi connectivity index (χ2n) is 6.35. The van der Waals surface area contributed by atoms with E-state index in [2.05, 4.69) is 10.6 Å². The third-order valence-electron chi connectivity index (χ3n) is 4.15. The van der Waals surface area contributed by atoms with Gasteiger partial charge in [-0.1, -0.05) is 36.4 Å². The van der Waals surface area contributed by atoms with Gasteiger partial charge >= 0.3 is 0 Å². The van der Waals surface area contributed by atoms with Crippen LogP contribution in [0.4, 0.5) is 5.69 Å². The summed E-state index contributed by atoms with van der Waals surface area (Å²) in [6.07, 6.45) is 2.46. The Kier molecular flexibility index (Phi) is 5.50. The average molecular weight is 358 g/mol. The number of carbonyl (C=O) groups is 1. The number of sulfone groups is 1. The highest BCUT2D eigenvalue weighted by molar-refractivity contribution is 7.90. The molecule has 0 heterocycles. The molecule has 0 aliphatic heterocycles. The largest absolute Gasteiger partial charge is 0.325 e. The van der Waals surface area contributed by atoms with Gasteiger partial charge in [-0.2, -0.15) is 0 Å². The number of hydrogen-bond acceptors (Lipinski definition) is 4. The molecule has 0 atom stereocenters. The molecule has 5 nitrogen and oxygen atoms in total. The van der Waals surface area contributed by atoms with Crippen LogP contribution in [0.1, 0.15) is 18.4 Å². The summed E-state index contributed by atoms with van der Waals surface area (Å²) in [5, 5.41) is 5.94. The van der Waals surface area contributed by atoms with Crippen LogP contribution in [0.3, 0.4) is 0 Å². The zero-order chi connectivity index (χ0) is 17.7. The van der Waals surface area contributed by atoms with E-state index in [-0.39, 0.29) is 23.1 Å². The van der Waals surface area contributed by atoms with Gasteiger partial charge in [0.05, 0.1) is 17.2 Å². The minimum atomic E-state index is -3.46. The van der Waals surface area contributed by atoms with Crippen LogP contribution < -0.4 is 10.6 Å². The fourth-order valence-electron chi connectivity index (χ4n) is 2.59. The van der Waals surface area contributed by atoms with Crippen LogP contribution in [0.15, 0.2) is 59.5 Å². The Balaban J connectivity index is 1.66. The average Bonchev–Trinajstić information content (AvgIpc) is 3.42. The van der Waals surface area contributed by atoms with Gasteiger partial charge in [-0.15, -0.1) is 0 Å². The van der Waals surface area contributed by atoms with Crippen LogP contribution in [-0.2, 0) is 20.4 Å². The van der Waals surface area contributed by atoms with Crippen LogP contribution in [0, 0.1) is 5.92 Å². The highest BCUT2D eigenvalue weighted by Crippen LogP contribution is 2.27. The molecule has 0 unspecified atom stereocenters. The van der Waals surface area contributed by atoms with Crippen molar-refractivity contribution in [2.24, 2.45) is 5.92 Å². The van der Waals surface area contributed by atoms with E-state index < -0.39 is 9.84 Å². The van der Waals surface area contributed by atoms with E-state index in [1.165, 1.54) is 12.8 Å². The number of anilines is 1. The van der Waals surface area contributed by atoms with Gasteiger partial charge in [-0.25, -0.2) is 8.42 Å². The van der Waals surface area contributed by atoms with Crippen molar-refractivity contribution in [3.8, 4) is 0 Å². The van der Waals surface area contributed by atoms with E-state index in [0.717, 1.165) is 6.54 Å². The van der Waals surface area contributed by atoms with Gasteiger partial charge in [-0.05, 0) is 49.1 Å². The summed E-state index contributed by atoms with van der Waals surface area (Å²) >= 11 is 0. The van der Waals surface area contributed by atoms with Crippen molar-refractivity contribution in [1.29, 1.82) is 0 Å². The minimum Gasteiger partial charge on any atom is -0.325 e. The molecular formula is C19H22N2O3S. The predicted octanol–water partition coefficient (Wildman–Crippen LogP) is 2.60. The molecule has 1 saturated carbocycles. The molecule has 132 valence electrons. The Labute approximate surface area is 148 Å². The quantitative estimate of drug-likeness (QED) is 0.761. The zero-order valence-corrected chi connectivity index (χ0v) is 14.8. The smallest absolute Gasteiger partial charge is 0.238 e. The number of rotatable bonds is 8. The molecule has 0 aromatic heterocycles. The Morgan fingerprint density at radius 1 is 1.00 bits per heavy atom. The van der Waals surface area contributed by atoms with Crippen molar-refractivity contribution in [2.75, 3.05) is 18.4 Å². The monoisotopic (exact) mass is 358 g/mol. The molecule has 0 bridgehead atoms. The molecule has 1 amide bonds. The molecule has 1 aliphatic rings. The van der Waals surface area contributed by atoms with Gasteiger partial charge in [0.15, 0.2) is 9.84 Å². The first-order valence-electron chi connectivity index (χ1n) is 8.41. The second-order valence-corrected chi connectivity index (χ2v) is 8.34. The van der Waals surface area contributed by atoms with Crippen molar-refractivity contribution in [2.45, 2.75) is 23.5 Å². The highest BCUT2D eigenvalue weighted by Gasteiger charge is 2.21. The Hall–Kier alpha value is -2.18. The molecule has 0 radical (unpaired) electrons. The zero-order valence-electron chi connectivity index (χ0n) is 13.9. The summed E-state index contributed by atoms with van der Waals surface area (Å²) in [5.74, 6) is 0.393. The molecule has 2 aromatic carbocycles. The maximum atomic E-state index is 12.6. The molecule has 2 aromatic rings. The Bertz CT molecular complexity index is 831. The number of carbonyl (C=O) groups excluding carboxylic acids is 1. The molecule has 25 heavy (non-hydrogen) atoms. The van der Waals surface area contributed by atoms with Crippen LogP contribution in [0.5, 0.6) is 0 Å². The third kappa shape index (κ3) is 5.14. The first-order valence-corrected chi connectivity index (χ1v) is 10.1. The lowest BCUT2D eigenvalue weighted by atomic mass is 10.2. The lowest BCUT2D eigenvalue weighted by Crippen LogP contribution is -2.29. The second kappa shape index (κ2) is 7.80. The fourth-order valence-corrected chi connectivity index (χ4v) is 3.99. The van der Waals surface area contributed by atoms with Gasteiger partial charge in [-0.3, -0.25) is 4.79 Å². The molecule has 2 N–H and O–H groups in total. The fraction of sp³-hybridized carbons (Fsp3) is 0.316. The molecule has 3 rings (SSSR count). The number of amides is 1. The van der Waals surface area contributed by atoms with Crippen LogP contribution >= 0.6 is 0 Å². The van der Waals surface area contributed by atoms with Crippen LogP contribution in [0.2, 0.25) is 0 Å². The summed E-state index contributed by atoms with van der Waals surface area (Å²) in [6, 6.07) is 15.4. The molecule has 6 heteroatoms. The maximum Gasteiger partial charge on any atom is 0.238 e. The number of para-hydroxylation sites is 1. The summed E-state index contributed by atoms with van der Waals surface area (Å²) in [7, 11) is -3.46. The third-order valence-corrected chi connectivity index (χ3v) is 5.84. The predicted molar refractivity (Wildman–Crippen MR) is 98.0 cm³/mol. The first-order chi connectivity index (χ1) is 12.0. The van der Waals surface area contributed by atoms with Gasteiger partial charge < -0.3 is 10.6 Å². The molecule has 0 spiro atoms. The Morgan fingerprint density at radius 3 is 2.40 bits per heavy atom. The van der Waals surface area contributed by atoms with E-state index in [0.29, 0.717) is 17.2 Å². The molecular weight excluding hydrogens is 336 g/mol. The van der Waals surface area contributed by atoms with Gasteiger partial charge in [0.1, 0.15) is 0 Å². The molecule has 1 aliphatic carbocycles. The van der Waals surface area contributed by atoms with E-state index in [4.69, 9.17) is 0 Å². The van der Waals surface area contributed by atoms with Crippen molar-refractivity contribution in [3.63, 3.8) is 0 Å². The van der Waals surface area contributed by atoms with Gasteiger partial charge in [0.2, 0.25) is 5.91 Å². The van der Waals surface area contributed by atoms with Crippen molar-refractivity contribution in [3.05, 3.63) is 60.2 Å². The SMILES string of the molecule is O=C(CNCC1CC1)Nc1ccccc1CS(=O)(=O)c1ccccc1. The highest BCUT2D eigenvalue weighted by atomic mass is 32.2. The topological polar surface area (TPSA) is 75.3 Å². The van der Waals surface area contributed by atoms with Gasteiger partial charge in [0.25, 0.3) is 0 Å². The van der Waals surface area contributed by atoms with Crippen molar-refractivity contribution >= 4 is 21.4 Å². The lowest BCUT2D eigenvalue weighted by Gasteiger charge is -2.12. The summed E-state index contributed by atoms with van der Waals surface area (Å²) < 4.78 is 25.1. The molecule has 1 fully saturated rings. The van der Waals surface area contributed by atoms with Crippen molar-refractivity contribution < 1.29 is 13.2 Å². The number of benzene rings is 2. The van der Waals surface area contributed by atoms with Crippen LogP contribution in [-0.4, -0.2) is 27.4 Å². The van der Waals surface area contributed by atoms with E-state index in [9.17, 15) is 13.2 Å². The number of nitrogens with one attached hydrogen (secondary N) is 2. The first kappa shape index (κ1) is 17.6. The lowest BCUT2D eigenvalue weighted by molar-refractivity contribution is -0.115. The van der Waals surface area contributed by atoms with Gasteiger partial charge in [0, 0.05) is 5.69 Å². The number of hydrogen-bond donors (Lipinski definition) is 2. The summed E-state index contributed by atoms with van der Waals surface area (Å²) in [6.45, 7) is 1.09. The van der Waals surface area contributed by atoms with Crippen LogP contribution in [0.25, 0.3) is 0 Å². The standard InChI is InChI=1S/C19H22N2O3S/c22-19(13-20-12-15-10-11-15)21-18-9-5-4-6-16(18)14-25(23,24)17-7-2-1-3-8-17/h1-9,15,20H,10-14H2,(H,21,22). The van der Waals surface area contributed by atoms with E-state index in [1.807, 2.05) is 0 Å².